The van der Waals surface area contributed by atoms with E-state index in [9.17, 15) is 4.79 Å². The van der Waals surface area contributed by atoms with Gasteiger partial charge < -0.3 is 9.94 Å². The normalized spacial score (nSPS) is 11.9. The Balaban J connectivity index is 2.31. The standard InChI is InChI=1S/C7H8N3O3P3/c11-7(12)16-9-14-8-15-10(16)13-6-4-2-1-3-5-6/h1-5,9,14H,(H,11,12). The van der Waals surface area contributed by atoms with Crippen molar-refractivity contribution in [2.75, 3.05) is 0 Å². The minimum atomic E-state index is -1.53. The predicted molar refractivity (Wildman–Crippen MR) is 64.8 cm³/mol. The Bertz CT molecular complexity index is 510. The maximum absolute atomic E-state index is 11.0. The molecule has 0 aliphatic heterocycles. The number of nitrogens with zero attached hydrogens (tertiary/aromatic N) is 2. The molecule has 0 spiro atoms. The summed E-state index contributed by atoms with van der Waals surface area (Å²) in [7, 11) is -0.896. The highest BCUT2D eigenvalue weighted by Gasteiger charge is 2.09. The zero-order valence-corrected chi connectivity index (χ0v) is 10.7. The largest absolute Gasteiger partial charge is 0.473 e. The summed E-state index contributed by atoms with van der Waals surface area (Å²) in [6.45, 7) is 0. The molecule has 6 nitrogen and oxygen atoms in total. The second-order valence-corrected chi connectivity index (χ2v) is 6.81. The molecule has 0 fully saturated rings. The van der Waals surface area contributed by atoms with E-state index in [2.05, 4.69) is 9.02 Å². The number of benzene rings is 1. The van der Waals surface area contributed by atoms with E-state index in [0.717, 1.165) is 0 Å². The topological polar surface area (TPSA) is 80.1 Å². The summed E-state index contributed by atoms with van der Waals surface area (Å²) in [6, 6.07) is 9.05. The van der Waals surface area contributed by atoms with E-state index in [1.165, 1.54) is 4.26 Å². The Kier molecular flexibility index (Phi) is 3.68. The van der Waals surface area contributed by atoms with Crippen LogP contribution in [0, 0.1) is 0 Å². The number of nitrogens with one attached hydrogen (secondary N) is 1. The number of aromatic nitrogens is 3. The third-order valence-electron chi connectivity index (χ3n) is 1.61. The Morgan fingerprint density at radius 2 is 2.31 bits per heavy atom. The number of hydrogen-bond acceptors (Lipinski definition) is 3. The molecule has 0 aliphatic carbocycles. The van der Waals surface area contributed by atoms with Crippen molar-refractivity contribution in [3.63, 3.8) is 0 Å². The summed E-state index contributed by atoms with van der Waals surface area (Å²) in [4.78, 5) is 16.4. The molecule has 0 amide bonds. The minimum Gasteiger partial charge on any atom is -0.473 e. The number of aromatic amines is 1. The number of rotatable bonds is 3. The number of carboxylic acid groups (broad SMARTS) is 1. The van der Waals surface area contributed by atoms with Gasteiger partial charge in [0.15, 0.2) is 22.1 Å². The van der Waals surface area contributed by atoms with Gasteiger partial charge >= 0.3 is 5.71 Å². The fraction of sp³-hybridized carbons (Fsp3) is 0. The maximum Gasteiger partial charge on any atom is 0.386 e. The molecule has 2 rings (SSSR count). The molecule has 0 radical (unpaired) electrons. The van der Waals surface area contributed by atoms with E-state index in [0.29, 0.717) is 14.3 Å². The lowest BCUT2D eigenvalue weighted by atomic mass is 10.3. The van der Waals surface area contributed by atoms with Crippen LogP contribution in [-0.2, 0) is 0 Å². The Labute approximate surface area is 95.2 Å². The quantitative estimate of drug-likeness (QED) is 0.900. The first-order valence-electron chi connectivity index (χ1n) is 4.25. The van der Waals surface area contributed by atoms with Gasteiger partial charge in [0.05, 0.1) is 0 Å². The lowest BCUT2D eigenvalue weighted by Crippen LogP contribution is -2.03. The zero-order valence-electron chi connectivity index (χ0n) is 7.94. The van der Waals surface area contributed by atoms with Crippen LogP contribution in [0.15, 0.2) is 30.3 Å². The van der Waals surface area contributed by atoms with Gasteiger partial charge in [-0.3, -0.25) is 4.51 Å². The molecular weight excluding hydrogens is 267 g/mol. The van der Waals surface area contributed by atoms with Crippen LogP contribution in [0.4, 0.5) is 4.79 Å². The summed E-state index contributed by atoms with van der Waals surface area (Å²) in [6.07, 6.45) is 0. The third-order valence-corrected chi connectivity index (χ3v) is 5.41. The number of carbonyl (C=O) groups is 1. The highest BCUT2D eigenvalue weighted by Crippen LogP contribution is 2.29. The number of H-pyrrole nitrogens is 1. The molecule has 0 bridgehead atoms. The molecule has 1 aromatic heterocycles. The van der Waals surface area contributed by atoms with Crippen LogP contribution in [-0.4, -0.2) is 24.1 Å². The van der Waals surface area contributed by atoms with Crippen molar-refractivity contribution >= 4 is 30.6 Å². The van der Waals surface area contributed by atoms with Crippen LogP contribution in [0.25, 0.3) is 0 Å². The van der Waals surface area contributed by atoms with Crippen molar-refractivity contribution in [1.29, 1.82) is 0 Å². The van der Waals surface area contributed by atoms with E-state index in [-0.39, 0.29) is 8.51 Å². The molecule has 0 saturated carbocycles. The second-order valence-electron chi connectivity index (χ2n) is 2.66. The van der Waals surface area contributed by atoms with Crippen molar-refractivity contribution in [2.24, 2.45) is 0 Å². The molecule has 2 unspecified atom stereocenters. The molecule has 2 aromatic rings. The van der Waals surface area contributed by atoms with Crippen LogP contribution >= 0.6 is 24.9 Å². The van der Waals surface area contributed by atoms with Gasteiger partial charge in [0.25, 0.3) is 0 Å². The highest BCUT2D eigenvalue weighted by atomic mass is 31.2. The first-order chi connectivity index (χ1) is 7.77. The molecule has 2 atom stereocenters. The van der Waals surface area contributed by atoms with Crippen LogP contribution < -0.4 is 4.84 Å². The molecule has 84 valence electrons. The Hall–Kier alpha value is -1.21. The maximum atomic E-state index is 11.0. The average molecular weight is 275 g/mol. The van der Waals surface area contributed by atoms with E-state index < -0.39 is 13.6 Å². The van der Waals surface area contributed by atoms with Crippen molar-refractivity contribution < 1.29 is 14.7 Å². The minimum absolute atomic E-state index is 0.110. The SMILES string of the molecule is O=C(O)p1[nH][pH]npn1Oc1ccccc1. The molecule has 9 heteroatoms. The van der Waals surface area contributed by atoms with Gasteiger partial charge in [-0.05, 0) is 12.1 Å². The molecule has 2 N–H and O–H groups in total. The van der Waals surface area contributed by atoms with Gasteiger partial charge in [-0.15, -0.1) is 4.26 Å². The summed E-state index contributed by atoms with van der Waals surface area (Å²) >= 11 is 0. The first kappa shape index (κ1) is 11.3. The van der Waals surface area contributed by atoms with Crippen LogP contribution in [0.1, 0.15) is 0 Å². The third kappa shape index (κ3) is 2.67. The van der Waals surface area contributed by atoms with Gasteiger partial charge in [0.2, 0.25) is 0 Å². The number of hydrogen-bond donors (Lipinski definition) is 2. The molecule has 1 aromatic carbocycles. The van der Waals surface area contributed by atoms with Crippen LogP contribution in [0.2, 0.25) is 0 Å². The Morgan fingerprint density at radius 3 is 3.00 bits per heavy atom. The van der Waals surface area contributed by atoms with Crippen molar-refractivity contribution in [3.8, 4) is 5.75 Å². The lowest BCUT2D eigenvalue weighted by Gasteiger charge is -2.09. The van der Waals surface area contributed by atoms with E-state index in [4.69, 9.17) is 9.94 Å². The molecule has 0 saturated heterocycles. The van der Waals surface area contributed by atoms with Gasteiger partial charge in [-0.1, -0.05) is 18.2 Å². The summed E-state index contributed by atoms with van der Waals surface area (Å²) in [5.74, 6) is 0.603. The summed E-state index contributed by atoms with van der Waals surface area (Å²) < 4.78 is 8.18. The van der Waals surface area contributed by atoms with Crippen molar-refractivity contribution in [1.82, 2.24) is 13.3 Å². The monoisotopic (exact) mass is 275 g/mol. The number of para-hydroxylation sites is 1. The van der Waals surface area contributed by atoms with E-state index in [1.807, 2.05) is 18.2 Å². The molecular formula is C7H8N3O3P3. The average Bonchev–Trinajstić information content (AvgIpc) is 2.31. The molecule has 16 heavy (non-hydrogen) atoms. The smallest absolute Gasteiger partial charge is 0.386 e. The summed E-state index contributed by atoms with van der Waals surface area (Å²) in [5, 5.41) is 8.99. The first-order valence-corrected chi connectivity index (χ1v) is 7.29. The van der Waals surface area contributed by atoms with Crippen LogP contribution in [0.5, 0.6) is 5.75 Å². The molecule has 0 aliphatic rings. The van der Waals surface area contributed by atoms with Gasteiger partial charge in [-0.2, -0.15) is 4.51 Å². The van der Waals surface area contributed by atoms with Crippen molar-refractivity contribution in [3.05, 3.63) is 30.3 Å². The molecule has 1 heterocycles. The lowest BCUT2D eigenvalue weighted by molar-refractivity contribution is 0.218. The second kappa shape index (κ2) is 5.22. The Morgan fingerprint density at radius 1 is 1.56 bits per heavy atom. The van der Waals surface area contributed by atoms with Gasteiger partial charge in [-0.25, -0.2) is 4.79 Å². The predicted octanol–water partition coefficient (Wildman–Crippen LogP) is 3.30. The zero-order chi connectivity index (χ0) is 11.4. The van der Waals surface area contributed by atoms with E-state index >= 15 is 0 Å². The van der Waals surface area contributed by atoms with Gasteiger partial charge in [0, 0.05) is 8.51 Å². The van der Waals surface area contributed by atoms with Crippen LogP contribution in [0.3, 0.4) is 0 Å². The van der Waals surface area contributed by atoms with E-state index in [1.54, 1.807) is 12.1 Å². The fourth-order valence-electron chi connectivity index (χ4n) is 0.969. The summed E-state index contributed by atoms with van der Waals surface area (Å²) in [5.41, 5.74) is -0.916. The highest BCUT2D eigenvalue weighted by molar-refractivity contribution is 7.66. The van der Waals surface area contributed by atoms with Crippen molar-refractivity contribution in [2.45, 2.75) is 0 Å². The van der Waals surface area contributed by atoms with Gasteiger partial charge in [0.1, 0.15) is 0 Å². The fourth-order valence-corrected chi connectivity index (χ4v) is 4.90.